The van der Waals surface area contributed by atoms with Crippen LogP contribution in [-0.2, 0) is 35.2 Å². The van der Waals surface area contributed by atoms with Crippen LogP contribution in [0.25, 0.3) is 0 Å². The Morgan fingerprint density at radius 1 is 0.950 bits per heavy atom. The summed E-state index contributed by atoms with van der Waals surface area (Å²) in [4.78, 5) is 80.2. The van der Waals surface area contributed by atoms with Crippen molar-refractivity contribution in [1.82, 2.24) is 26.6 Å². The topological polar surface area (TPSA) is 247 Å². The van der Waals surface area contributed by atoms with Crippen LogP contribution in [0, 0.1) is 0 Å². The number of carboxylic acids is 1. The fraction of sp³-hybridized carbons (Fsp3) is 0.480. The first-order valence-corrected chi connectivity index (χ1v) is 12.6. The number of hydrogen-bond donors (Lipinski definition) is 8. The fourth-order valence-corrected chi connectivity index (χ4v) is 3.81. The third kappa shape index (κ3) is 10.2. The van der Waals surface area contributed by atoms with Gasteiger partial charge in [0.2, 0.25) is 29.5 Å². The Kier molecular flexibility index (Phi) is 11.4. The first-order chi connectivity index (χ1) is 18.8. The number of nitrogens with two attached hydrogens (primary N) is 2. The second-order valence-electron chi connectivity index (χ2n) is 9.78. The van der Waals surface area contributed by atoms with Crippen molar-refractivity contribution in [3.8, 4) is 0 Å². The molecule has 5 amide bonds. The molecule has 1 fully saturated rings. The smallest absolute Gasteiger partial charge is 0.305 e. The van der Waals surface area contributed by atoms with Gasteiger partial charge in [-0.1, -0.05) is 30.3 Å². The predicted octanol–water partition coefficient (Wildman–Crippen LogP) is -2.76. The van der Waals surface area contributed by atoms with Crippen molar-refractivity contribution in [2.45, 2.75) is 63.2 Å². The summed E-state index contributed by atoms with van der Waals surface area (Å²) in [6, 6.07) is 4.82. The van der Waals surface area contributed by atoms with Crippen LogP contribution in [0.1, 0.15) is 38.7 Å². The van der Waals surface area contributed by atoms with Gasteiger partial charge in [-0.05, 0) is 32.3 Å². The van der Waals surface area contributed by atoms with E-state index in [4.69, 9.17) is 11.5 Å². The maximum absolute atomic E-state index is 13.3. The Bertz CT molecular complexity index is 1140. The number of guanidine groups is 1. The van der Waals surface area contributed by atoms with E-state index in [0.29, 0.717) is 12.0 Å². The number of carboxylic acid groups (broad SMARTS) is 1. The summed E-state index contributed by atoms with van der Waals surface area (Å²) in [6.07, 6.45) is -0.368. The van der Waals surface area contributed by atoms with E-state index in [2.05, 4.69) is 31.6 Å². The molecule has 15 heteroatoms. The lowest BCUT2D eigenvalue weighted by molar-refractivity contribution is -0.141. The van der Waals surface area contributed by atoms with Crippen LogP contribution in [0.3, 0.4) is 0 Å². The SMILES string of the molecule is CC1(C)NC(=O)[C@@H](Cc2ccccc2)NC(=O)[C@H](CC(=O)O)NC(=O)CNC(=O)[C@H](CCCN=C(N)N)NC1=O. The number of carbonyl (C=O) groups excluding carboxylic acids is 5. The van der Waals surface area contributed by atoms with E-state index in [1.165, 1.54) is 13.8 Å². The van der Waals surface area contributed by atoms with Crippen molar-refractivity contribution < 1.29 is 33.9 Å². The van der Waals surface area contributed by atoms with E-state index in [1.54, 1.807) is 30.3 Å². The standard InChI is InChI=1S/C25H36N8O7/c1-25(2)23(40)32-15(9-6-10-28-24(26)27)20(37)29-13-18(34)30-17(12-19(35)36)21(38)31-16(22(39)33-25)11-14-7-4-3-5-8-14/h3-5,7-8,15-17H,6,9-13H2,1-2H3,(H,29,37)(H,30,34)(H,31,38)(H,32,40)(H,33,39)(H,35,36)(H4,26,27,28)/t15-,16+,17-/m0/s1. The van der Waals surface area contributed by atoms with Crippen LogP contribution in [0.5, 0.6) is 0 Å². The van der Waals surface area contributed by atoms with Crippen LogP contribution in [-0.4, -0.2) is 83.3 Å². The molecule has 0 unspecified atom stereocenters. The van der Waals surface area contributed by atoms with E-state index in [0.717, 1.165) is 0 Å². The van der Waals surface area contributed by atoms with Crippen LogP contribution >= 0.6 is 0 Å². The van der Waals surface area contributed by atoms with Gasteiger partial charge in [0.05, 0.1) is 13.0 Å². The minimum atomic E-state index is -1.54. The monoisotopic (exact) mass is 560 g/mol. The number of benzene rings is 1. The zero-order chi connectivity index (χ0) is 29.9. The van der Waals surface area contributed by atoms with E-state index >= 15 is 0 Å². The molecular formula is C25H36N8O7. The molecular weight excluding hydrogens is 524 g/mol. The highest BCUT2D eigenvalue weighted by Gasteiger charge is 2.36. The lowest BCUT2D eigenvalue weighted by atomic mass is 9.99. The molecule has 0 aliphatic carbocycles. The van der Waals surface area contributed by atoms with Crippen LogP contribution in [0.2, 0.25) is 0 Å². The summed E-state index contributed by atoms with van der Waals surface area (Å²) in [7, 11) is 0. The largest absolute Gasteiger partial charge is 0.481 e. The van der Waals surface area contributed by atoms with Crippen molar-refractivity contribution in [2.24, 2.45) is 16.5 Å². The van der Waals surface area contributed by atoms with Crippen molar-refractivity contribution in [3.05, 3.63) is 35.9 Å². The molecule has 1 aliphatic rings. The van der Waals surface area contributed by atoms with Gasteiger partial charge in [0, 0.05) is 13.0 Å². The third-order valence-electron chi connectivity index (χ3n) is 5.94. The molecule has 1 aromatic carbocycles. The molecule has 3 atom stereocenters. The highest BCUT2D eigenvalue weighted by molar-refractivity contribution is 5.99. The number of nitrogens with one attached hydrogen (secondary N) is 5. The second kappa shape index (κ2) is 14.5. The number of nitrogens with zero attached hydrogens (tertiary/aromatic N) is 1. The lowest BCUT2D eigenvalue weighted by Crippen LogP contribution is -2.62. The first kappa shape index (κ1) is 31.5. The summed E-state index contributed by atoms with van der Waals surface area (Å²) in [5.41, 5.74) is 9.78. The zero-order valence-corrected chi connectivity index (χ0v) is 22.4. The highest BCUT2D eigenvalue weighted by atomic mass is 16.4. The molecule has 0 radical (unpaired) electrons. The Morgan fingerprint density at radius 3 is 2.25 bits per heavy atom. The van der Waals surface area contributed by atoms with Gasteiger partial charge in [-0.15, -0.1) is 0 Å². The quantitative estimate of drug-likeness (QED) is 0.0930. The van der Waals surface area contributed by atoms with Gasteiger partial charge in [0.25, 0.3) is 0 Å². The molecule has 0 spiro atoms. The predicted molar refractivity (Wildman–Crippen MR) is 143 cm³/mol. The average molecular weight is 561 g/mol. The molecule has 1 aliphatic heterocycles. The minimum Gasteiger partial charge on any atom is -0.481 e. The normalized spacial score (nSPS) is 22.2. The molecule has 40 heavy (non-hydrogen) atoms. The number of aliphatic carboxylic acids is 1. The van der Waals surface area contributed by atoms with Gasteiger partial charge in [0.15, 0.2) is 5.96 Å². The Hall–Kier alpha value is -4.69. The highest BCUT2D eigenvalue weighted by Crippen LogP contribution is 2.10. The first-order valence-electron chi connectivity index (χ1n) is 12.6. The van der Waals surface area contributed by atoms with Crippen molar-refractivity contribution in [1.29, 1.82) is 0 Å². The van der Waals surface area contributed by atoms with Gasteiger partial charge >= 0.3 is 5.97 Å². The number of aliphatic imine (C=N–C) groups is 1. The van der Waals surface area contributed by atoms with Crippen LogP contribution in [0.4, 0.5) is 0 Å². The van der Waals surface area contributed by atoms with Gasteiger partial charge in [-0.25, -0.2) is 0 Å². The molecule has 1 saturated heterocycles. The summed E-state index contributed by atoms with van der Waals surface area (Å²) < 4.78 is 0. The Balaban J connectivity index is 2.40. The van der Waals surface area contributed by atoms with E-state index in [1.807, 2.05) is 0 Å². The number of amides is 5. The summed E-state index contributed by atoms with van der Waals surface area (Å²) in [6.45, 7) is 2.42. The summed E-state index contributed by atoms with van der Waals surface area (Å²) in [5.74, 6) is -5.43. The molecule has 15 nitrogen and oxygen atoms in total. The molecule has 1 aromatic rings. The summed E-state index contributed by atoms with van der Waals surface area (Å²) >= 11 is 0. The van der Waals surface area contributed by atoms with E-state index in [-0.39, 0.29) is 25.3 Å². The molecule has 10 N–H and O–H groups in total. The van der Waals surface area contributed by atoms with E-state index in [9.17, 15) is 33.9 Å². The number of rotatable bonds is 8. The number of hydrogen-bond acceptors (Lipinski definition) is 7. The van der Waals surface area contributed by atoms with Gasteiger partial charge < -0.3 is 43.2 Å². The zero-order valence-electron chi connectivity index (χ0n) is 22.4. The molecule has 218 valence electrons. The van der Waals surface area contributed by atoms with E-state index < -0.39 is 72.1 Å². The number of carbonyl (C=O) groups is 6. The van der Waals surface area contributed by atoms with Crippen LogP contribution in [0.15, 0.2) is 35.3 Å². The average Bonchev–Trinajstić information content (AvgIpc) is 2.87. The van der Waals surface area contributed by atoms with Gasteiger partial charge in [-0.2, -0.15) is 0 Å². The Morgan fingerprint density at radius 2 is 1.62 bits per heavy atom. The van der Waals surface area contributed by atoms with Gasteiger partial charge in [0.1, 0.15) is 23.7 Å². The van der Waals surface area contributed by atoms with Crippen molar-refractivity contribution in [2.75, 3.05) is 13.1 Å². The fourth-order valence-electron chi connectivity index (χ4n) is 3.81. The molecule has 0 saturated carbocycles. The Labute approximate surface area is 230 Å². The van der Waals surface area contributed by atoms with Crippen LogP contribution < -0.4 is 38.1 Å². The van der Waals surface area contributed by atoms with Gasteiger partial charge in [-0.3, -0.25) is 33.8 Å². The molecule has 0 bridgehead atoms. The third-order valence-corrected chi connectivity index (χ3v) is 5.94. The second-order valence-corrected chi connectivity index (χ2v) is 9.78. The molecule has 0 aromatic heterocycles. The van der Waals surface area contributed by atoms with Crippen molar-refractivity contribution in [3.63, 3.8) is 0 Å². The minimum absolute atomic E-state index is 0.0112. The molecule has 1 heterocycles. The summed E-state index contributed by atoms with van der Waals surface area (Å²) in [5, 5.41) is 21.6. The van der Waals surface area contributed by atoms with Crippen molar-refractivity contribution >= 4 is 41.5 Å². The maximum Gasteiger partial charge on any atom is 0.305 e. The lowest BCUT2D eigenvalue weighted by Gasteiger charge is -2.30. The molecule has 2 rings (SSSR count). The maximum atomic E-state index is 13.3.